The van der Waals surface area contributed by atoms with Crippen LogP contribution >= 0.6 is 11.6 Å². The Hall–Kier alpha value is -1.94. The van der Waals surface area contributed by atoms with Crippen LogP contribution in [0.5, 0.6) is 5.75 Å². The number of carbonyl (C=O) groups is 1. The predicted molar refractivity (Wildman–Crippen MR) is 72.7 cm³/mol. The van der Waals surface area contributed by atoms with E-state index < -0.39 is 0 Å². The normalized spacial score (nSPS) is 10.2. The number of methoxy groups -OCH3 is 1. The Morgan fingerprint density at radius 2 is 2.26 bits per heavy atom. The summed E-state index contributed by atoms with van der Waals surface area (Å²) in [6, 6.07) is 8.71. The summed E-state index contributed by atoms with van der Waals surface area (Å²) < 4.78 is 10.2. The third kappa shape index (κ3) is 3.51. The second-order valence-electron chi connectivity index (χ2n) is 3.94. The fourth-order valence-corrected chi connectivity index (χ4v) is 1.94. The highest BCUT2D eigenvalue weighted by Gasteiger charge is 2.08. The molecule has 1 aromatic carbocycles. The average Bonchev–Trinajstić information content (AvgIpc) is 2.93. The average molecular weight is 280 g/mol. The Morgan fingerprint density at radius 1 is 1.42 bits per heavy atom. The van der Waals surface area contributed by atoms with Gasteiger partial charge in [0.05, 0.1) is 13.4 Å². The first-order valence-electron chi connectivity index (χ1n) is 5.85. The molecule has 1 aromatic heterocycles. The molecule has 1 N–H and O–H groups in total. The Bertz CT molecular complexity index is 552. The van der Waals surface area contributed by atoms with Crippen molar-refractivity contribution in [3.05, 3.63) is 52.9 Å². The number of nitrogens with one attached hydrogen (secondary N) is 1. The summed E-state index contributed by atoms with van der Waals surface area (Å²) in [5.41, 5.74) is 0.953. The van der Waals surface area contributed by atoms with Crippen molar-refractivity contribution in [3.8, 4) is 5.75 Å². The van der Waals surface area contributed by atoms with Gasteiger partial charge in [-0.25, -0.2) is 0 Å². The van der Waals surface area contributed by atoms with Crippen LogP contribution < -0.4 is 10.1 Å². The van der Waals surface area contributed by atoms with Crippen LogP contribution in [0.3, 0.4) is 0 Å². The van der Waals surface area contributed by atoms with Gasteiger partial charge in [-0.3, -0.25) is 4.79 Å². The molecule has 5 heteroatoms. The van der Waals surface area contributed by atoms with Crippen molar-refractivity contribution in [1.82, 2.24) is 5.32 Å². The van der Waals surface area contributed by atoms with Crippen LogP contribution in [-0.2, 0) is 6.42 Å². The maximum Gasteiger partial charge on any atom is 0.286 e. The van der Waals surface area contributed by atoms with Crippen LogP contribution in [0.4, 0.5) is 0 Å². The van der Waals surface area contributed by atoms with E-state index in [2.05, 4.69) is 5.32 Å². The first-order valence-corrected chi connectivity index (χ1v) is 6.22. The number of amides is 1. The fraction of sp³-hybridized carbons (Fsp3) is 0.214. The van der Waals surface area contributed by atoms with Gasteiger partial charge in [0, 0.05) is 11.6 Å². The molecule has 100 valence electrons. The molecule has 2 rings (SSSR count). The minimum atomic E-state index is -0.231. The molecule has 4 nitrogen and oxygen atoms in total. The number of rotatable bonds is 5. The van der Waals surface area contributed by atoms with Crippen molar-refractivity contribution in [2.45, 2.75) is 6.42 Å². The van der Waals surface area contributed by atoms with E-state index in [-0.39, 0.29) is 5.91 Å². The number of hydrogen-bond acceptors (Lipinski definition) is 3. The van der Waals surface area contributed by atoms with Gasteiger partial charge in [-0.1, -0.05) is 11.6 Å². The number of halogens is 1. The van der Waals surface area contributed by atoms with E-state index in [1.807, 2.05) is 12.1 Å². The zero-order valence-corrected chi connectivity index (χ0v) is 11.2. The molecule has 0 radical (unpaired) electrons. The summed E-state index contributed by atoms with van der Waals surface area (Å²) in [6.07, 6.45) is 2.10. The van der Waals surface area contributed by atoms with E-state index in [0.29, 0.717) is 23.7 Å². The van der Waals surface area contributed by atoms with E-state index in [1.54, 1.807) is 25.3 Å². The van der Waals surface area contributed by atoms with Crippen LogP contribution in [-0.4, -0.2) is 19.6 Å². The molecular formula is C14H14ClNO3. The Balaban J connectivity index is 1.92. The molecule has 0 bridgehead atoms. The molecule has 0 saturated carbocycles. The Kier molecular flexibility index (Phi) is 4.47. The molecule has 1 amide bonds. The number of benzene rings is 1. The molecule has 0 atom stereocenters. The second-order valence-corrected chi connectivity index (χ2v) is 4.38. The predicted octanol–water partition coefficient (Wildman–Crippen LogP) is 2.91. The Morgan fingerprint density at radius 3 is 2.95 bits per heavy atom. The third-order valence-electron chi connectivity index (χ3n) is 2.67. The van der Waals surface area contributed by atoms with Crippen LogP contribution in [0.2, 0.25) is 5.02 Å². The van der Waals surface area contributed by atoms with Gasteiger partial charge in [0.2, 0.25) is 0 Å². The van der Waals surface area contributed by atoms with Crippen molar-refractivity contribution in [3.63, 3.8) is 0 Å². The molecule has 19 heavy (non-hydrogen) atoms. The number of furan rings is 1. The van der Waals surface area contributed by atoms with E-state index in [0.717, 1.165) is 11.3 Å². The smallest absolute Gasteiger partial charge is 0.286 e. The van der Waals surface area contributed by atoms with Crippen molar-refractivity contribution in [2.24, 2.45) is 0 Å². The lowest BCUT2D eigenvalue weighted by Gasteiger charge is -2.09. The van der Waals surface area contributed by atoms with Gasteiger partial charge in [0.15, 0.2) is 5.76 Å². The lowest BCUT2D eigenvalue weighted by molar-refractivity contribution is 0.0926. The summed E-state index contributed by atoms with van der Waals surface area (Å²) in [5, 5.41) is 3.42. The molecule has 0 fully saturated rings. The molecule has 0 aliphatic rings. The van der Waals surface area contributed by atoms with Gasteiger partial charge < -0.3 is 14.5 Å². The minimum Gasteiger partial charge on any atom is -0.496 e. The molecule has 0 aliphatic heterocycles. The summed E-state index contributed by atoms with van der Waals surface area (Å²) in [4.78, 5) is 11.7. The summed E-state index contributed by atoms with van der Waals surface area (Å²) >= 11 is 5.94. The number of ether oxygens (including phenoxy) is 1. The van der Waals surface area contributed by atoms with Crippen molar-refractivity contribution in [2.75, 3.05) is 13.7 Å². The lowest BCUT2D eigenvalue weighted by atomic mass is 10.1. The molecule has 1 heterocycles. The largest absolute Gasteiger partial charge is 0.496 e. The monoisotopic (exact) mass is 279 g/mol. The molecule has 0 aliphatic carbocycles. The first kappa shape index (κ1) is 13.5. The standard InChI is InChI=1S/C14H14ClNO3/c1-18-12-5-4-11(15)9-10(12)6-7-16-14(17)13-3-2-8-19-13/h2-5,8-9H,6-7H2,1H3,(H,16,17). The van der Waals surface area contributed by atoms with E-state index >= 15 is 0 Å². The summed E-state index contributed by atoms with van der Waals surface area (Å²) in [5.74, 6) is 0.834. The van der Waals surface area contributed by atoms with Crippen LogP contribution in [0.15, 0.2) is 41.0 Å². The minimum absolute atomic E-state index is 0.231. The van der Waals surface area contributed by atoms with Gasteiger partial charge in [0.1, 0.15) is 5.75 Å². The van der Waals surface area contributed by atoms with Gasteiger partial charge >= 0.3 is 0 Å². The van der Waals surface area contributed by atoms with Gasteiger partial charge in [-0.15, -0.1) is 0 Å². The molecule has 2 aromatic rings. The zero-order valence-electron chi connectivity index (χ0n) is 10.5. The maximum absolute atomic E-state index is 11.7. The SMILES string of the molecule is COc1ccc(Cl)cc1CCNC(=O)c1ccco1. The summed E-state index contributed by atoms with van der Waals surface area (Å²) in [7, 11) is 1.61. The molecule has 0 spiro atoms. The highest BCUT2D eigenvalue weighted by Crippen LogP contribution is 2.22. The third-order valence-corrected chi connectivity index (χ3v) is 2.90. The topological polar surface area (TPSA) is 51.5 Å². The lowest BCUT2D eigenvalue weighted by Crippen LogP contribution is -2.25. The Labute approximate surface area is 116 Å². The van der Waals surface area contributed by atoms with Crippen LogP contribution in [0.25, 0.3) is 0 Å². The van der Waals surface area contributed by atoms with Gasteiger partial charge in [-0.05, 0) is 42.3 Å². The van der Waals surface area contributed by atoms with Crippen LogP contribution in [0, 0.1) is 0 Å². The van der Waals surface area contributed by atoms with E-state index in [1.165, 1.54) is 6.26 Å². The maximum atomic E-state index is 11.7. The second kappa shape index (κ2) is 6.29. The van der Waals surface area contributed by atoms with Crippen LogP contribution in [0.1, 0.15) is 16.1 Å². The van der Waals surface area contributed by atoms with E-state index in [9.17, 15) is 4.79 Å². The highest BCUT2D eigenvalue weighted by atomic mass is 35.5. The van der Waals surface area contributed by atoms with Crippen molar-refractivity contribution < 1.29 is 13.9 Å². The molecule has 0 saturated heterocycles. The molecule has 0 unspecified atom stereocenters. The first-order chi connectivity index (χ1) is 9.20. The fourth-order valence-electron chi connectivity index (χ4n) is 1.75. The quantitative estimate of drug-likeness (QED) is 0.915. The number of carbonyl (C=O) groups excluding carboxylic acids is 1. The van der Waals surface area contributed by atoms with Crippen molar-refractivity contribution in [1.29, 1.82) is 0 Å². The number of hydrogen-bond donors (Lipinski definition) is 1. The van der Waals surface area contributed by atoms with Gasteiger partial charge in [-0.2, -0.15) is 0 Å². The van der Waals surface area contributed by atoms with Gasteiger partial charge in [0.25, 0.3) is 5.91 Å². The zero-order chi connectivity index (χ0) is 13.7. The van der Waals surface area contributed by atoms with E-state index in [4.69, 9.17) is 20.8 Å². The van der Waals surface area contributed by atoms with Crippen molar-refractivity contribution >= 4 is 17.5 Å². The summed E-state index contributed by atoms with van der Waals surface area (Å²) in [6.45, 7) is 0.482. The molecular weight excluding hydrogens is 266 g/mol. The highest BCUT2D eigenvalue weighted by molar-refractivity contribution is 6.30.